The number of benzene rings is 1. The molecule has 0 saturated carbocycles. The standard InChI is InChI=1S/C14H10N6O4S/c21-14(18-25(22)23)24-12-3-1-11(2-4-12)13-16-19-20(17-13)9-10-5-7-15-8-6-10/h1-8H,9H2. The van der Waals surface area contributed by atoms with Crippen molar-refractivity contribution in [1.29, 1.82) is 0 Å². The van der Waals surface area contributed by atoms with Crippen molar-refractivity contribution in [2.75, 3.05) is 0 Å². The van der Waals surface area contributed by atoms with Crippen molar-refractivity contribution in [1.82, 2.24) is 25.2 Å². The molecular weight excluding hydrogens is 348 g/mol. The van der Waals surface area contributed by atoms with E-state index in [-0.39, 0.29) is 5.75 Å². The third kappa shape index (κ3) is 4.51. The van der Waals surface area contributed by atoms with Crippen LogP contribution in [0.25, 0.3) is 11.4 Å². The van der Waals surface area contributed by atoms with Gasteiger partial charge in [-0.25, -0.2) is 4.79 Å². The summed E-state index contributed by atoms with van der Waals surface area (Å²) in [5.74, 6) is 0.546. The Morgan fingerprint density at radius 1 is 1.12 bits per heavy atom. The van der Waals surface area contributed by atoms with Gasteiger partial charge in [0.1, 0.15) is 5.75 Å². The fourth-order valence-corrected chi connectivity index (χ4v) is 2.09. The van der Waals surface area contributed by atoms with Gasteiger partial charge >= 0.3 is 16.6 Å². The van der Waals surface area contributed by atoms with E-state index in [2.05, 4.69) is 24.8 Å². The number of carbonyl (C=O) groups excluding carboxylic acids is 1. The number of carbonyl (C=O) groups is 1. The highest BCUT2D eigenvalue weighted by Crippen LogP contribution is 2.19. The second-order valence-electron chi connectivity index (χ2n) is 4.70. The summed E-state index contributed by atoms with van der Waals surface area (Å²) >= 11 is 0. The molecule has 0 radical (unpaired) electrons. The third-order valence-electron chi connectivity index (χ3n) is 2.99. The van der Waals surface area contributed by atoms with E-state index in [1.807, 2.05) is 12.1 Å². The van der Waals surface area contributed by atoms with Crippen LogP contribution < -0.4 is 4.74 Å². The molecule has 2 heterocycles. The molecule has 126 valence electrons. The monoisotopic (exact) mass is 358 g/mol. The number of pyridine rings is 1. The first-order valence-electron chi connectivity index (χ1n) is 6.90. The molecule has 0 aliphatic heterocycles. The number of hydrogen-bond donors (Lipinski definition) is 0. The van der Waals surface area contributed by atoms with Gasteiger partial charge < -0.3 is 4.74 Å². The van der Waals surface area contributed by atoms with E-state index < -0.39 is 16.6 Å². The maximum atomic E-state index is 11.1. The van der Waals surface area contributed by atoms with E-state index in [1.165, 1.54) is 16.9 Å². The molecule has 0 fully saturated rings. The maximum absolute atomic E-state index is 11.1. The predicted molar refractivity (Wildman–Crippen MR) is 84.0 cm³/mol. The number of tetrazole rings is 1. The lowest BCUT2D eigenvalue weighted by Crippen LogP contribution is -2.04. The molecule has 11 heteroatoms. The largest absolute Gasteiger partial charge is 0.454 e. The normalized spacial score (nSPS) is 10.2. The Bertz CT molecular complexity index is 1010. The van der Waals surface area contributed by atoms with Crippen LogP contribution in [0.1, 0.15) is 5.56 Å². The van der Waals surface area contributed by atoms with Crippen molar-refractivity contribution in [2.45, 2.75) is 6.54 Å². The predicted octanol–water partition coefficient (Wildman–Crippen LogP) is 1.34. The Balaban J connectivity index is 1.70. The minimum Gasteiger partial charge on any atom is -0.408 e. The van der Waals surface area contributed by atoms with Gasteiger partial charge in [0, 0.05) is 18.0 Å². The van der Waals surface area contributed by atoms with E-state index in [0.29, 0.717) is 17.9 Å². The zero-order valence-electron chi connectivity index (χ0n) is 12.6. The maximum Gasteiger partial charge on any atom is 0.454 e. The van der Waals surface area contributed by atoms with Gasteiger partial charge in [0.2, 0.25) is 5.82 Å². The van der Waals surface area contributed by atoms with E-state index >= 15 is 0 Å². The summed E-state index contributed by atoms with van der Waals surface area (Å²) in [6.45, 7) is 0.457. The first kappa shape index (κ1) is 16.4. The Labute approximate surface area is 142 Å². The van der Waals surface area contributed by atoms with Crippen molar-refractivity contribution in [3.63, 3.8) is 0 Å². The number of hydrogen-bond acceptors (Lipinski definition) is 8. The van der Waals surface area contributed by atoms with Gasteiger partial charge in [-0.2, -0.15) is 13.2 Å². The van der Waals surface area contributed by atoms with Crippen molar-refractivity contribution in [3.8, 4) is 17.1 Å². The molecule has 2 aromatic heterocycles. The van der Waals surface area contributed by atoms with Crippen LogP contribution in [-0.4, -0.2) is 39.7 Å². The molecule has 10 nitrogen and oxygen atoms in total. The summed E-state index contributed by atoms with van der Waals surface area (Å²) in [4.78, 5) is 16.5. The van der Waals surface area contributed by atoms with Crippen molar-refractivity contribution >= 4 is 16.6 Å². The van der Waals surface area contributed by atoms with E-state index in [1.54, 1.807) is 24.5 Å². The summed E-state index contributed by atoms with van der Waals surface area (Å²) in [6, 6.07) is 9.88. The smallest absolute Gasteiger partial charge is 0.408 e. The topological polar surface area (TPSA) is 129 Å². The van der Waals surface area contributed by atoms with E-state index in [0.717, 1.165) is 5.56 Å². The molecule has 0 saturated heterocycles. The molecule has 0 aliphatic carbocycles. The molecule has 3 rings (SSSR count). The molecule has 25 heavy (non-hydrogen) atoms. The van der Waals surface area contributed by atoms with Gasteiger partial charge in [0.25, 0.3) is 0 Å². The first-order valence-corrected chi connectivity index (χ1v) is 7.93. The van der Waals surface area contributed by atoms with Crippen LogP contribution >= 0.6 is 0 Å². The fourth-order valence-electron chi connectivity index (χ4n) is 1.93. The average molecular weight is 358 g/mol. The van der Waals surface area contributed by atoms with Gasteiger partial charge in [-0.05, 0) is 47.2 Å². The third-order valence-corrected chi connectivity index (χ3v) is 3.29. The van der Waals surface area contributed by atoms with E-state index in [4.69, 9.17) is 4.74 Å². The van der Waals surface area contributed by atoms with Crippen molar-refractivity contribution in [3.05, 3.63) is 54.4 Å². The fraction of sp³-hybridized carbons (Fsp3) is 0.0714. The highest BCUT2D eigenvalue weighted by molar-refractivity contribution is 7.62. The quantitative estimate of drug-likeness (QED) is 0.683. The summed E-state index contributed by atoms with van der Waals surface area (Å²) in [6.07, 6.45) is 2.14. The second kappa shape index (κ2) is 7.40. The Kier molecular flexibility index (Phi) is 4.85. The average Bonchev–Trinajstić information content (AvgIpc) is 3.04. The van der Waals surface area contributed by atoms with Gasteiger partial charge in [0.05, 0.1) is 6.54 Å². The zero-order chi connectivity index (χ0) is 17.6. The lowest BCUT2D eigenvalue weighted by atomic mass is 10.2. The molecule has 0 aliphatic rings. The molecule has 1 aromatic carbocycles. The van der Waals surface area contributed by atoms with Crippen LogP contribution in [0.2, 0.25) is 0 Å². The van der Waals surface area contributed by atoms with Crippen LogP contribution in [0.4, 0.5) is 4.79 Å². The summed E-state index contributed by atoms with van der Waals surface area (Å²) < 4.78 is 28.0. The zero-order valence-corrected chi connectivity index (χ0v) is 13.4. The molecule has 1 amide bonds. The second-order valence-corrected chi connectivity index (χ2v) is 5.32. The van der Waals surface area contributed by atoms with Crippen molar-refractivity contribution < 1.29 is 17.9 Å². The summed E-state index contributed by atoms with van der Waals surface area (Å²) in [7, 11) is -2.85. The number of ether oxygens (including phenoxy) is 1. The Morgan fingerprint density at radius 2 is 1.84 bits per heavy atom. The van der Waals surface area contributed by atoms with Gasteiger partial charge in [0.15, 0.2) is 0 Å². The Morgan fingerprint density at radius 3 is 2.52 bits per heavy atom. The molecule has 0 bridgehead atoms. The lowest BCUT2D eigenvalue weighted by molar-refractivity contribution is 0.212. The van der Waals surface area contributed by atoms with Gasteiger partial charge in [-0.3, -0.25) is 4.98 Å². The van der Waals surface area contributed by atoms with Crippen LogP contribution in [0.3, 0.4) is 0 Å². The first-order chi connectivity index (χ1) is 12.1. The summed E-state index contributed by atoms with van der Waals surface area (Å²) in [5, 5.41) is 12.2. The highest BCUT2D eigenvalue weighted by Gasteiger charge is 2.08. The van der Waals surface area contributed by atoms with Crippen LogP contribution in [0.15, 0.2) is 53.2 Å². The number of aromatic nitrogens is 5. The van der Waals surface area contributed by atoms with Gasteiger partial charge in [-0.15, -0.1) is 10.2 Å². The molecule has 0 unspecified atom stereocenters. The SMILES string of the molecule is O=C(N=S(=O)=O)Oc1ccc(-c2nnn(Cc3ccncc3)n2)cc1. The minimum absolute atomic E-state index is 0.145. The molecular formula is C14H10N6O4S. The number of nitrogens with zero attached hydrogens (tertiary/aromatic N) is 6. The molecule has 0 spiro atoms. The van der Waals surface area contributed by atoms with Crippen LogP contribution in [0.5, 0.6) is 5.75 Å². The molecule has 3 aromatic rings. The number of amides is 1. The summed E-state index contributed by atoms with van der Waals surface area (Å²) in [5.41, 5.74) is 1.64. The van der Waals surface area contributed by atoms with Crippen LogP contribution in [-0.2, 0) is 17.0 Å². The van der Waals surface area contributed by atoms with Crippen LogP contribution in [0, 0.1) is 0 Å². The lowest BCUT2D eigenvalue weighted by Gasteiger charge is -2.00. The van der Waals surface area contributed by atoms with E-state index in [9.17, 15) is 13.2 Å². The Hall–Kier alpha value is -3.47. The minimum atomic E-state index is -2.85. The van der Waals surface area contributed by atoms with Gasteiger partial charge in [-0.1, -0.05) is 4.36 Å². The number of rotatable bonds is 4. The molecule has 0 N–H and O–H groups in total. The van der Waals surface area contributed by atoms with Crippen molar-refractivity contribution in [2.24, 2.45) is 4.36 Å². The highest BCUT2D eigenvalue weighted by atomic mass is 32.2. The molecule has 0 atom stereocenters.